The average molecular weight is 217 g/mol. The topological polar surface area (TPSA) is 59.0 Å². The van der Waals surface area contributed by atoms with Gasteiger partial charge in [-0.15, -0.1) is 0 Å². The summed E-state index contributed by atoms with van der Waals surface area (Å²) in [5.74, 6) is 0. The summed E-state index contributed by atoms with van der Waals surface area (Å²) < 4.78 is 10.5. The number of carbonyl (C=O) groups excluding carboxylic acids is 1. The number of ether oxygens (including phenoxy) is 2. The summed E-state index contributed by atoms with van der Waals surface area (Å²) >= 11 is 0. The van der Waals surface area contributed by atoms with Crippen LogP contribution in [0, 0.1) is 0 Å². The second-order valence-electron chi connectivity index (χ2n) is 4.60. The van der Waals surface area contributed by atoms with E-state index in [0.717, 1.165) is 6.29 Å². The molecule has 0 aromatic rings. The lowest BCUT2D eigenvalue weighted by molar-refractivity contribution is -0.253. The van der Waals surface area contributed by atoms with Crippen molar-refractivity contribution in [1.82, 2.24) is 4.90 Å². The van der Waals surface area contributed by atoms with E-state index in [1.165, 1.54) is 0 Å². The Bertz CT molecular complexity index is 214. The molecule has 0 aromatic carbocycles. The molecule has 2 atom stereocenters. The fourth-order valence-corrected chi connectivity index (χ4v) is 1.37. The van der Waals surface area contributed by atoms with E-state index in [9.17, 15) is 9.90 Å². The number of hydrogen-bond acceptors (Lipinski definition) is 5. The maximum atomic E-state index is 10.5. The van der Waals surface area contributed by atoms with E-state index in [0.29, 0.717) is 19.7 Å². The molecule has 5 heteroatoms. The molecule has 0 bridgehead atoms. The Balaban J connectivity index is 2.45. The summed E-state index contributed by atoms with van der Waals surface area (Å²) in [7, 11) is 0. The SMILES string of the molecule is CC(C)(C)OC(O)N1CCO[C@@H](C=O)C1. The quantitative estimate of drug-likeness (QED) is 0.531. The van der Waals surface area contributed by atoms with E-state index < -0.39 is 18.1 Å². The van der Waals surface area contributed by atoms with E-state index >= 15 is 0 Å². The van der Waals surface area contributed by atoms with Crippen molar-refractivity contribution >= 4 is 6.29 Å². The Kier molecular flexibility index (Phi) is 4.21. The third-order valence-corrected chi connectivity index (χ3v) is 2.05. The van der Waals surface area contributed by atoms with Gasteiger partial charge in [0.15, 0.2) is 0 Å². The number of nitrogens with zero attached hydrogens (tertiary/aromatic N) is 1. The highest BCUT2D eigenvalue weighted by molar-refractivity contribution is 5.56. The van der Waals surface area contributed by atoms with Crippen LogP contribution in [0.1, 0.15) is 20.8 Å². The summed E-state index contributed by atoms with van der Waals surface area (Å²) in [6.07, 6.45) is -0.691. The first-order chi connectivity index (χ1) is 6.92. The zero-order valence-corrected chi connectivity index (χ0v) is 9.47. The van der Waals surface area contributed by atoms with Crippen molar-refractivity contribution in [2.24, 2.45) is 0 Å². The maximum Gasteiger partial charge on any atom is 0.216 e. The Morgan fingerprint density at radius 3 is 2.80 bits per heavy atom. The molecule has 0 saturated carbocycles. The number of rotatable bonds is 3. The zero-order chi connectivity index (χ0) is 11.5. The largest absolute Gasteiger partial charge is 0.368 e. The molecule has 1 fully saturated rings. The number of carbonyl (C=O) groups is 1. The van der Waals surface area contributed by atoms with Crippen LogP contribution in [0.25, 0.3) is 0 Å². The van der Waals surface area contributed by atoms with E-state index in [1.807, 2.05) is 20.8 Å². The summed E-state index contributed by atoms with van der Waals surface area (Å²) in [6.45, 7) is 6.99. The molecule has 0 aliphatic carbocycles. The van der Waals surface area contributed by atoms with E-state index in [-0.39, 0.29) is 0 Å². The minimum absolute atomic E-state index is 0.376. The van der Waals surface area contributed by atoms with Crippen LogP contribution >= 0.6 is 0 Å². The van der Waals surface area contributed by atoms with Crippen LogP contribution in [0.3, 0.4) is 0 Å². The second-order valence-corrected chi connectivity index (χ2v) is 4.60. The van der Waals surface area contributed by atoms with Gasteiger partial charge in [0.1, 0.15) is 12.4 Å². The molecule has 1 saturated heterocycles. The van der Waals surface area contributed by atoms with Crippen LogP contribution in [0.2, 0.25) is 0 Å². The Hall–Kier alpha value is -0.490. The summed E-state index contributed by atoms with van der Waals surface area (Å²) in [4.78, 5) is 12.2. The lowest BCUT2D eigenvalue weighted by Gasteiger charge is -2.36. The molecule has 1 aliphatic rings. The number of aliphatic hydroxyl groups is 1. The molecule has 1 unspecified atom stereocenters. The molecule has 1 heterocycles. The fraction of sp³-hybridized carbons (Fsp3) is 0.900. The molecule has 0 amide bonds. The van der Waals surface area contributed by atoms with Crippen LogP contribution in [-0.4, -0.2) is 54.1 Å². The molecule has 15 heavy (non-hydrogen) atoms. The zero-order valence-electron chi connectivity index (χ0n) is 9.47. The Labute approximate surface area is 90.0 Å². The molecule has 0 radical (unpaired) electrons. The number of aliphatic hydroxyl groups excluding tert-OH is 1. The van der Waals surface area contributed by atoms with Crippen molar-refractivity contribution in [2.75, 3.05) is 19.7 Å². The average Bonchev–Trinajstić information content (AvgIpc) is 2.15. The fourth-order valence-electron chi connectivity index (χ4n) is 1.37. The molecule has 88 valence electrons. The van der Waals surface area contributed by atoms with Crippen molar-refractivity contribution in [3.63, 3.8) is 0 Å². The molecule has 1 rings (SSSR count). The summed E-state index contributed by atoms with van der Waals surface area (Å²) in [6, 6.07) is 0. The van der Waals surface area contributed by atoms with Crippen LogP contribution in [0.15, 0.2) is 0 Å². The van der Waals surface area contributed by atoms with Crippen LogP contribution in [0.5, 0.6) is 0 Å². The van der Waals surface area contributed by atoms with Gasteiger partial charge in [0.2, 0.25) is 6.41 Å². The Morgan fingerprint density at radius 2 is 2.27 bits per heavy atom. The molecule has 0 spiro atoms. The molecule has 1 aliphatic heterocycles. The predicted molar refractivity (Wildman–Crippen MR) is 54.2 cm³/mol. The van der Waals surface area contributed by atoms with Gasteiger partial charge in [-0.25, -0.2) is 4.90 Å². The molecule has 0 aromatic heterocycles. The first-order valence-corrected chi connectivity index (χ1v) is 5.09. The van der Waals surface area contributed by atoms with Crippen LogP contribution < -0.4 is 0 Å². The molecule has 1 N–H and O–H groups in total. The van der Waals surface area contributed by atoms with Gasteiger partial charge in [-0.05, 0) is 20.8 Å². The van der Waals surface area contributed by atoms with Crippen molar-refractivity contribution in [2.45, 2.75) is 38.9 Å². The second kappa shape index (κ2) is 5.03. The highest BCUT2D eigenvalue weighted by atomic mass is 16.6. The minimum Gasteiger partial charge on any atom is -0.368 e. The van der Waals surface area contributed by atoms with Crippen LogP contribution in [0.4, 0.5) is 0 Å². The van der Waals surface area contributed by atoms with Gasteiger partial charge >= 0.3 is 0 Å². The van der Waals surface area contributed by atoms with Gasteiger partial charge in [-0.1, -0.05) is 0 Å². The van der Waals surface area contributed by atoms with Gasteiger partial charge in [-0.2, -0.15) is 0 Å². The number of aldehydes is 1. The number of morpholine rings is 1. The Morgan fingerprint density at radius 1 is 1.60 bits per heavy atom. The van der Waals surface area contributed by atoms with E-state index in [2.05, 4.69) is 0 Å². The van der Waals surface area contributed by atoms with Gasteiger partial charge in [0.25, 0.3) is 0 Å². The standard InChI is InChI=1S/C10H19NO4/c1-10(2,3)15-9(13)11-4-5-14-8(6-11)7-12/h7-9,13H,4-6H2,1-3H3/t8-,9?/m1/s1. The van der Waals surface area contributed by atoms with E-state index in [4.69, 9.17) is 9.47 Å². The molecular weight excluding hydrogens is 198 g/mol. The van der Waals surface area contributed by atoms with Gasteiger partial charge < -0.3 is 19.4 Å². The molecular formula is C10H19NO4. The van der Waals surface area contributed by atoms with Crippen LogP contribution in [-0.2, 0) is 14.3 Å². The highest BCUT2D eigenvalue weighted by Crippen LogP contribution is 2.14. The van der Waals surface area contributed by atoms with Gasteiger partial charge in [0.05, 0.1) is 12.2 Å². The lowest BCUT2D eigenvalue weighted by atomic mass is 10.2. The van der Waals surface area contributed by atoms with Crippen molar-refractivity contribution in [3.05, 3.63) is 0 Å². The predicted octanol–water partition coefficient (Wildman–Crippen LogP) is -0.0229. The normalized spacial score (nSPS) is 26.3. The maximum absolute atomic E-state index is 10.5. The van der Waals surface area contributed by atoms with Gasteiger partial charge in [0, 0.05) is 13.1 Å². The monoisotopic (exact) mass is 217 g/mol. The first kappa shape index (κ1) is 12.6. The third kappa shape index (κ3) is 4.25. The third-order valence-electron chi connectivity index (χ3n) is 2.05. The van der Waals surface area contributed by atoms with Gasteiger partial charge in [-0.3, -0.25) is 0 Å². The lowest BCUT2D eigenvalue weighted by Crippen LogP contribution is -2.50. The smallest absolute Gasteiger partial charge is 0.216 e. The summed E-state index contributed by atoms with van der Waals surface area (Å²) in [5, 5.41) is 9.76. The summed E-state index contributed by atoms with van der Waals surface area (Å²) in [5.41, 5.74) is -0.408. The van der Waals surface area contributed by atoms with Crippen molar-refractivity contribution in [3.8, 4) is 0 Å². The highest BCUT2D eigenvalue weighted by Gasteiger charge is 2.28. The molecule has 5 nitrogen and oxygen atoms in total. The van der Waals surface area contributed by atoms with Crippen molar-refractivity contribution < 1.29 is 19.4 Å². The van der Waals surface area contributed by atoms with E-state index in [1.54, 1.807) is 4.90 Å². The number of hydrogen-bond donors (Lipinski definition) is 1. The minimum atomic E-state index is -0.976. The van der Waals surface area contributed by atoms with Crippen molar-refractivity contribution in [1.29, 1.82) is 0 Å². The first-order valence-electron chi connectivity index (χ1n) is 5.09.